The Kier molecular flexibility index (Phi) is 6.51. The first-order valence-electron chi connectivity index (χ1n) is 8.99. The molecule has 0 saturated heterocycles. The summed E-state index contributed by atoms with van der Waals surface area (Å²) >= 11 is 16.9. The largest absolute Gasteiger partial charge is 0.320 e. The number of rotatable bonds is 4. The first kappa shape index (κ1) is 22.4. The van der Waals surface area contributed by atoms with Crippen LogP contribution in [0.15, 0.2) is 79.8 Å². The minimum Gasteiger partial charge on any atom is -0.320 e. The van der Waals surface area contributed by atoms with E-state index in [9.17, 15) is 13.2 Å². The van der Waals surface area contributed by atoms with Crippen LogP contribution in [-0.2, 0) is 20.4 Å². The molecule has 4 nitrogen and oxygen atoms in total. The van der Waals surface area contributed by atoms with Gasteiger partial charge in [0.15, 0.2) is 9.84 Å². The van der Waals surface area contributed by atoms with Crippen molar-refractivity contribution in [3.05, 3.63) is 91.2 Å². The molecule has 0 aromatic heterocycles. The van der Waals surface area contributed by atoms with Gasteiger partial charge >= 0.3 is 0 Å². The lowest BCUT2D eigenvalue weighted by Gasteiger charge is -2.19. The van der Waals surface area contributed by atoms with Crippen LogP contribution < -0.4 is 5.32 Å². The maximum Gasteiger partial charge on any atom is 0.262 e. The molecule has 0 fully saturated rings. The lowest BCUT2D eigenvalue weighted by Crippen LogP contribution is -2.18. The third-order valence-electron chi connectivity index (χ3n) is 4.57. The first-order chi connectivity index (χ1) is 14.7. The smallest absolute Gasteiger partial charge is 0.262 e. The Morgan fingerprint density at radius 2 is 1.68 bits per heavy atom. The fourth-order valence-corrected chi connectivity index (χ4v) is 6.30. The summed E-state index contributed by atoms with van der Waals surface area (Å²) in [6, 6.07) is 17.1. The maximum absolute atomic E-state index is 13.0. The van der Waals surface area contributed by atoms with Crippen LogP contribution in [0.1, 0.15) is 11.1 Å². The molecule has 0 radical (unpaired) electrons. The summed E-state index contributed by atoms with van der Waals surface area (Å²) in [7, 11) is -3.72. The zero-order valence-corrected chi connectivity index (χ0v) is 20.5. The van der Waals surface area contributed by atoms with Gasteiger partial charge in [0.25, 0.3) is 5.91 Å². The molecule has 0 unspecified atom stereocenters. The van der Waals surface area contributed by atoms with Crippen molar-refractivity contribution in [2.75, 3.05) is 5.32 Å². The van der Waals surface area contributed by atoms with E-state index in [1.165, 1.54) is 23.9 Å². The lowest BCUT2D eigenvalue weighted by molar-refractivity contribution is -0.112. The van der Waals surface area contributed by atoms with Crippen LogP contribution >= 0.6 is 50.9 Å². The number of carbonyl (C=O) groups excluding carboxylic acids is 1. The van der Waals surface area contributed by atoms with Crippen molar-refractivity contribution in [1.82, 2.24) is 0 Å². The average Bonchev–Trinajstić information content (AvgIpc) is 2.72. The number of halogens is 3. The summed E-state index contributed by atoms with van der Waals surface area (Å²) in [6.07, 6.45) is 1.79. The van der Waals surface area contributed by atoms with E-state index in [2.05, 4.69) is 21.2 Å². The molecule has 1 N–H and O–H groups in total. The number of fused-ring (bicyclic) bond motifs is 1. The van der Waals surface area contributed by atoms with Gasteiger partial charge in [0.2, 0.25) is 0 Å². The van der Waals surface area contributed by atoms with E-state index in [-0.39, 0.29) is 16.6 Å². The highest BCUT2D eigenvalue weighted by Gasteiger charge is 2.25. The zero-order valence-electron chi connectivity index (χ0n) is 15.7. The molecule has 3 aromatic rings. The van der Waals surface area contributed by atoms with Crippen LogP contribution in [0.2, 0.25) is 10.0 Å². The number of thioether (sulfide) groups is 1. The minimum absolute atomic E-state index is 0.0866. The van der Waals surface area contributed by atoms with E-state index >= 15 is 0 Å². The van der Waals surface area contributed by atoms with E-state index in [0.29, 0.717) is 26.2 Å². The van der Waals surface area contributed by atoms with Gasteiger partial charge in [0.1, 0.15) is 0 Å². The Morgan fingerprint density at radius 3 is 2.35 bits per heavy atom. The summed E-state index contributed by atoms with van der Waals surface area (Å²) in [5.41, 5.74) is 1.69. The molecule has 0 spiro atoms. The molecule has 4 rings (SSSR count). The summed E-state index contributed by atoms with van der Waals surface area (Å²) < 4.78 is 26.9. The normalized spacial score (nSPS) is 14.9. The summed E-state index contributed by atoms with van der Waals surface area (Å²) in [4.78, 5) is 13.9. The molecule has 1 aliphatic heterocycles. The Morgan fingerprint density at radius 1 is 1.00 bits per heavy atom. The quantitative estimate of drug-likeness (QED) is 0.359. The van der Waals surface area contributed by atoms with Crippen molar-refractivity contribution in [2.45, 2.75) is 15.5 Å². The third kappa shape index (κ3) is 5.02. The van der Waals surface area contributed by atoms with Gasteiger partial charge in [-0.3, -0.25) is 4.79 Å². The SMILES string of the molecule is O=C1Nc2cc(S(=O)(=O)Cc3c(Cl)cccc3Cl)ccc2S/C1=C\c1ccc(Br)cc1. The van der Waals surface area contributed by atoms with E-state index in [4.69, 9.17) is 23.2 Å². The van der Waals surface area contributed by atoms with Crippen molar-refractivity contribution < 1.29 is 13.2 Å². The highest BCUT2D eigenvalue weighted by Crippen LogP contribution is 2.40. The number of benzene rings is 3. The van der Waals surface area contributed by atoms with Gasteiger partial charge in [-0.1, -0.05) is 69.1 Å². The zero-order chi connectivity index (χ0) is 22.2. The Hall–Kier alpha value is -1.77. The molecule has 3 aromatic carbocycles. The van der Waals surface area contributed by atoms with Crippen molar-refractivity contribution in [2.24, 2.45) is 0 Å². The van der Waals surface area contributed by atoms with Crippen molar-refractivity contribution in [3.63, 3.8) is 0 Å². The fourth-order valence-electron chi connectivity index (χ4n) is 2.99. The van der Waals surface area contributed by atoms with E-state index in [1.807, 2.05) is 24.3 Å². The van der Waals surface area contributed by atoms with Gasteiger partial charge in [0.05, 0.1) is 21.2 Å². The van der Waals surface area contributed by atoms with Crippen molar-refractivity contribution >= 4 is 78.4 Å². The lowest BCUT2D eigenvalue weighted by atomic mass is 10.2. The van der Waals surface area contributed by atoms with Crippen LogP contribution in [0, 0.1) is 0 Å². The van der Waals surface area contributed by atoms with E-state index in [0.717, 1.165) is 14.9 Å². The topological polar surface area (TPSA) is 63.2 Å². The first-order valence-corrected chi connectivity index (χ1v) is 13.0. The van der Waals surface area contributed by atoms with Crippen LogP contribution in [-0.4, -0.2) is 14.3 Å². The highest BCUT2D eigenvalue weighted by molar-refractivity contribution is 9.10. The fraction of sp³-hybridized carbons (Fsp3) is 0.0455. The molecule has 0 saturated carbocycles. The van der Waals surface area contributed by atoms with Crippen molar-refractivity contribution in [1.29, 1.82) is 0 Å². The molecular formula is C22H14BrCl2NO3S2. The monoisotopic (exact) mass is 553 g/mol. The van der Waals surface area contributed by atoms with Crippen LogP contribution in [0.4, 0.5) is 5.69 Å². The van der Waals surface area contributed by atoms with E-state index < -0.39 is 9.84 Å². The van der Waals surface area contributed by atoms with Gasteiger partial charge in [-0.15, -0.1) is 0 Å². The van der Waals surface area contributed by atoms with Gasteiger partial charge in [-0.25, -0.2) is 8.42 Å². The minimum atomic E-state index is -3.72. The Labute approximate surface area is 202 Å². The number of nitrogens with one attached hydrogen (secondary N) is 1. The number of amides is 1. The number of hydrogen-bond acceptors (Lipinski definition) is 4. The molecule has 1 amide bonds. The number of carbonyl (C=O) groups is 1. The second-order valence-corrected chi connectivity index (χ2v) is 11.5. The molecular weight excluding hydrogens is 541 g/mol. The standard InChI is InChI=1S/C22H14BrCl2NO3S2/c23-14-6-4-13(5-7-14)10-21-22(27)26-19-11-15(8-9-20(19)30-21)31(28,29)12-16-17(24)2-1-3-18(16)25/h1-11H,12H2,(H,26,27)/b21-10-. The predicted octanol–water partition coefficient (Wildman–Crippen LogP) is 6.82. The molecule has 0 atom stereocenters. The van der Waals surface area contributed by atoms with Gasteiger partial charge in [-0.2, -0.15) is 0 Å². The summed E-state index contributed by atoms with van der Waals surface area (Å²) in [6.45, 7) is 0. The van der Waals surface area contributed by atoms with Crippen molar-refractivity contribution in [3.8, 4) is 0 Å². The number of hydrogen-bond donors (Lipinski definition) is 1. The van der Waals surface area contributed by atoms with Gasteiger partial charge < -0.3 is 5.32 Å². The second-order valence-electron chi connectivity index (χ2n) is 6.73. The molecule has 1 heterocycles. The average molecular weight is 555 g/mol. The Balaban J connectivity index is 1.62. The highest BCUT2D eigenvalue weighted by atomic mass is 79.9. The van der Waals surface area contributed by atoms with Crippen LogP contribution in [0.25, 0.3) is 6.08 Å². The molecule has 31 heavy (non-hydrogen) atoms. The van der Waals surface area contributed by atoms with E-state index in [1.54, 1.807) is 30.3 Å². The maximum atomic E-state index is 13.0. The van der Waals surface area contributed by atoms with Crippen LogP contribution in [0.5, 0.6) is 0 Å². The van der Waals surface area contributed by atoms with Gasteiger partial charge in [-0.05, 0) is 54.1 Å². The molecule has 0 aliphatic carbocycles. The van der Waals surface area contributed by atoms with Crippen LogP contribution in [0.3, 0.4) is 0 Å². The number of sulfone groups is 1. The molecule has 9 heteroatoms. The predicted molar refractivity (Wildman–Crippen MR) is 130 cm³/mol. The molecule has 1 aliphatic rings. The van der Waals surface area contributed by atoms with Gasteiger partial charge in [0, 0.05) is 25.0 Å². The molecule has 158 valence electrons. The summed E-state index contributed by atoms with van der Waals surface area (Å²) in [5, 5.41) is 3.37. The number of anilines is 1. The molecule has 0 bridgehead atoms. The summed E-state index contributed by atoms with van der Waals surface area (Å²) in [5.74, 6) is -0.621. The second kappa shape index (κ2) is 9.00. The third-order valence-corrected chi connectivity index (χ3v) is 8.54. The Bertz CT molecular complexity index is 1300.